The van der Waals surface area contributed by atoms with E-state index in [0.29, 0.717) is 12.5 Å². The molecule has 0 aromatic heterocycles. The van der Waals surface area contributed by atoms with Gasteiger partial charge in [-0.25, -0.2) is 34.4 Å². The summed E-state index contributed by atoms with van der Waals surface area (Å²) in [6.07, 6.45) is 1.88. The van der Waals surface area contributed by atoms with E-state index in [1.807, 2.05) is 0 Å². The second-order valence-corrected chi connectivity index (χ2v) is 14.7. The van der Waals surface area contributed by atoms with Gasteiger partial charge in [-0.1, -0.05) is 24.3 Å². The number of rotatable bonds is 10. The lowest BCUT2D eigenvalue weighted by molar-refractivity contribution is -0.0450. The van der Waals surface area contributed by atoms with E-state index in [2.05, 4.69) is 0 Å². The Morgan fingerprint density at radius 2 is 1.48 bits per heavy atom. The van der Waals surface area contributed by atoms with Crippen LogP contribution in [0, 0.1) is 11.7 Å². The molecule has 40 heavy (non-hydrogen) atoms. The number of sulfone groups is 2. The molecule has 0 aliphatic heterocycles. The molecule has 1 N–H and O–H groups in total. The van der Waals surface area contributed by atoms with Gasteiger partial charge in [-0.3, -0.25) is 0 Å². The Hall–Kier alpha value is -3.01. The molecule has 3 aromatic rings. The highest BCUT2D eigenvalue weighted by Gasteiger charge is 2.46. The summed E-state index contributed by atoms with van der Waals surface area (Å²) in [5, 5.41) is 0. The van der Waals surface area contributed by atoms with Crippen LogP contribution >= 0.6 is 0 Å². The van der Waals surface area contributed by atoms with Gasteiger partial charge in [0.2, 0.25) is 19.7 Å². The Morgan fingerprint density at radius 3 is 2.05 bits per heavy atom. The van der Waals surface area contributed by atoms with Gasteiger partial charge in [0, 0.05) is 12.1 Å². The molecule has 4 rings (SSSR count). The number of hydrogen-bond donors (Lipinski definition) is 1. The van der Waals surface area contributed by atoms with E-state index in [1.165, 1.54) is 22.9 Å². The summed E-state index contributed by atoms with van der Waals surface area (Å²) in [5.41, 5.74) is -5.54. The van der Waals surface area contributed by atoms with Crippen LogP contribution in [0.4, 0.5) is 17.6 Å². The van der Waals surface area contributed by atoms with Crippen LogP contribution in [-0.2, 0) is 29.7 Å². The molecule has 0 bridgehead atoms. The topological polar surface area (TPSA) is 124 Å². The summed E-state index contributed by atoms with van der Waals surface area (Å²) in [6, 6.07) is 10.6. The number of sulfonamides is 1. The van der Waals surface area contributed by atoms with E-state index < -0.39 is 66.6 Å². The standard InChI is InChI=1S/C25H23F4NO7S3/c1-16(30-40(35,36)25(27,28)29)18-8-11-20(12-9-18)38(31,32)24-14-19(37-15-17-6-7-17)10-13-23(24)39(33,34)22-5-3-2-4-21(22)26/h2-5,8-14,16-17,30H,6-7,15H2,1H3/t16-/m0/s1. The molecule has 0 saturated heterocycles. The highest BCUT2D eigenvalue weighted by molar-refractivity contribution is 7.94. The van der Waals surface area contributed by atoms with Crippen molar-refractivity contribution in [3.8, 4) is 5.75 Å². The molecule has 15 heteroatoms. The van der Waals surface area contributed by atoms with Crippen LogP contribution in [0.2, 0.25) is 0 Å². The van der Waals surface area contributed by atoms with Crippen molar-refractivity contribution >= 4 is 29.7 Å². The molecular weight excluding hydrogens is 598 g/mol. The maximum absolute atomic E-state index is 14.5. The average Bonchev–Trinajstić information content (AvgIpc) is 3.71. The van der Waals surface area contributed by atoms with Gasteiger partial charge in [-0.15, -0.1) is 0 Å². The van der Waals surface area contributed by atoms with Crippen molar-refractivity contribution in [3.05, 3.63) is 78.1 Å². The van der Waals surface area contributed by atoms with Crippen LogP contribution in [-0.4, -0.2) is 37.4 Å². The van der Waals surface area contributed by atoms with Gasteiger partial charge in [0.25, 0.3) is 0 Å². The lowest BCUT2D eigenvalue weighted by atomic mass is 10.1. The molecule has 1 aliphatic rings. The molecule has 0 amide bonds. The van der Waals surface area contributed by atoms with Crippen molar-refractivity contribution in [2.45, 2.75) is 50.9 Å². The minimum Gasteiger partial charge on any atom is -0.493 e. The first-order chi connectivity index (χ1) is 18.5. The van der Waals surface area contributed by atoms with Crippen LogP contribution in [0.3, 0.4) is 0 Å². The van der Waals surface area contributed by atoms with Gasteiger partial charge in [0.1, 0.15) is 16.5 Å². The third-order valence-electron chi connectivity index (χ3n) is 6.13. The lowest BCUT2D eigenvalue weighted by Crippen LogP contribution is -2.37. The van der Waals surface area contributed by atoms with Gasteiger partial charge >= 0.3 is 15.5 Å². The van der Waals surface area contributed by atoms with E-state index in [9.17, 15) is 42.8 Å². The minimum absolute atomic E-state index is 0.00694. The van der Waals surface area contributed by atoms with Crippen molar-refractivity contribution in [2.24, 2.45) is 5.92 Å². The monoisotopic (exact) mass is 621 g/mol. The van der Waals surface area contributed by atoms with E-state index >= 15 is 0 Å². The van der Waals surface area contributed by atoms with Crippen LogP contribution in [0.25, 0.3) is 0 Å². The number of halogens is 4. The fraction of sp³-hybridized carbons (Fsp3) is 0.280. The minimum atomic E-state index is -5.67. The molecule has 1 atom stereocenters. The summed E-state index contributed by atoms with van der Waals surface area (Å²) in [6.45, 7) is 1.42. The Bertz CT molecular complexity index is 1740. The second-order valence-electron chi connectivity index (χ2n) is 9.16. The van der Waals surface area contributed by atoms with Crippen LogP contribution in [0.1, 0.15) is 31.4 Å². The normalized spacial score (nSPS) is 15.5. The summed E-state index contributed by atoms with van der Waals surface area (Å²) in [4.78, 5) is -2.57. The zero-order valence-electron chi connectivity index (χ0n) is 20.7. The molecule has 1 aliphatic carbocycles. The smallest absolute Gasteiger partial charge is 0.493 e. The highest BCUT2D eigenvalue weighted by atomic mass is 32.2. The summed E-state index contributed by atoms with van der Waals surface area (Å²) < 4.78 is 137. The molecule has 0 heterocycles. The Labute approximate surface area is 228 Å². The van der Waals surface area contributed by atoms with Crippen molar-refractivity contribution in [1.29, 1.82) is 0 Å². The molecule has 1 fully saturated rings. The Morgan fingerprint density at radius 1 is 0.850 bits per heavy atom. The van der Waals surface area contributed by atoms with Crippen molar-refractivity contribution in [3.63, 3.8) is 0 Å². The van der Waals surface area contributed by atoms with Gasteiger partial charge in [0.05, 0.1) is 21.3 Å². The lowest BCUT2D eigenvalue weighted by Gasteiger charge is -2.17. The molecule has 0 unspecified atom stereocenters. The first-order valence-electron chi connectivity index (χ1n) is 11.7. The quantitative estimate of drug-likeness (QED) is 0.323. The fourth-order valence-corrected chi connectivity index (χ4v) is 7.86. The average molecular weight is 622 g/mol. The zero-order chi connectivity index (χ0) is 29.5. The fourth-order valence-electron chi connectivity index (χ4n) is 3.72. The summed E-state index contributed by atoms with van der Waals surface area (Å²) in [7, 11) is -15.0. The molecule has 3 aromatic carbocycles. The zero-order valence-corrected chi connectivity index (χ0v) is 23.2. The number of hydrogen-bond acceptors (Lipinski definition) is 7. The molecule has 0 spiro atoms. The Kier molecular flexibility index (Phi) is 8.06. The Balaban J connectivity index is 1.75. The van der Waals surface area contributed by atoms with E-state index in [4.69, 9.17) is 4.74 Å². The second kappa shape index (κ2) is 10.8. The number of ether oxygens (including phenoxy) is 1. The maximum Gasteiger partial charge on any atom is 0.511 e. The third kappa shape index (κ3) is 6.16. The number of benzene rings is 3. The number of alkyl halides is 3. The number of nitrogens with one attached hydrogen (secondary N) is 1. The van der Waals surface area contributed by atoms with Gasteiger partial charge in [0.15, 0.2) is 0 Å². The molecule has 0 radical (unpaired) electrons. The van der Waals surface area contributed by atoms with E-state index in [-0.39, 0.29) is 11.3 Å². The molecule has 8 nitrogen and oxygen atoms in total. The predicted octanol–water partition coefficient (Wildman–Crippen LogP) is 4.78. The maximum atomic E-state index is 14.5. The van der Waals surface area contributed by atoms with E-state index in [1.54, 1.807) is 0 Å². The van der Waals surface area contributed by atoms with Crippen LogP contribution in [0.5, 0.6) is 5.75 Å². The highest BCUT2D eigenvalue weighted by Crippen LogP contribution is 2.36. The largest absolute Gasteiger partial charge is 0.511 e. The third-order valence-corrected chi connectivity index (χ3v) is 11.2. The first kappa shape index (κ1) is 30.0. The molecule has 216 valence electrons. The van der Waals surface area contributed by atoms with Crippen LogP contribution < -0.4 is 9.46 Å². The van der Waals surface area contributed by atoms with Crippen molar-refractivity contribution < 1.29 is 47.6 Å². The SMILES string of the molecule is C[C@H](NS(=O)(=O)C(F)(F)F)c1ccc(S(=O)(=O)c2cc(OCC3CC3)ccc2S(=O)(=O)c2ccccc2F)cc1. The van der Waals surface area contributed by atoms with E-state index in [0.717, 1.165) is 68.3 Å². The van der Waals surface area contributed by atoms with Crippen LogP contribution in [0.15, 0.2) is 86.3 Å². The van der Waals surface area contributed by atoms with Crippen molar-refractivity contribution in [2.75, 3.05) is 6.61 Å². The molecular formula is C25H23F4NO7S3. The summed E-state index contributed by atoms with van der Waals surface area (Å²) in [5.74, 6) is -0.712. The van der Waals surface area contributed by atoms with Gasteiger partial charge < -0.3 is 4.74 Å². The van der Waals surface area contributed by atoms with Gasteiger partial charge in [-0.05, 0) is 67.6 Å². The van der Waals surface area contributed by atoms with Gasteiger partial charge in [-0.2, -0.15) is 13.2 Å². The first-order valence-corrected chi connectivity index (χ1v) is 16.2. The predicted molar refractivity (Wildman–Crippen MR) is 135 cm³/mol. The van der Waals surface area contributed by atoms with Crippen molar-refractivity contribution in [1.82, 2.24) is 4.72 Å². The summed E-state index contributed by atoms with van der Waals surface area (Å²) >= 11 is 0. The molecule has 1 saturated carbocycles.